The van der Waals surface area contributed by atoms with Crippen LogP contribution in [0, 0.1) is 0 Å². The number of fused-ring (bicyclic) bond motifs is 1. The molecule has 0 saturated heterocycles. The zero-order chi connectivity index (χ0) is 11.7. The molecule has 1 aromatic heterocycles. The maximum Gasteiger partial charge on any atom is 0.123 e. The quantitative estimate of drug-likeness (QED) is 0.809. The lowest BCUT2D eigenvalue weighted by molar-refractivity contribution is 0.264. The molecule has 3 rings (SSSR count). The first-order valence-corrected chi connectivity index (χ1v) is 5.75. The minimum atomic E-state index is 0.0884. The Hall–Kier alpha value is -1.87. The molecule has 1 atom stereocenters. The van der Waals surface area contributed by atoms with E-state index < -0.39 is 0 Å². The third-order valence-electron chi connectivity index (χ3n) is 3.04. The molecule has 2 aromatic rings. The number of nitrogens with zero attached hydrogens (tertiary/aromatic N) is 1. The Kier molecular flexibility index (Phi) is 2.53. The van der Waals surface area contributed by atoms with Gasteiger partial charge in [0, 0.05) is 24.0 Å². The van der Waals surface area contributed by atoms with Gasteiger partial charge < -0.3 is 10.5 Å². The standard InChI is InChI=1S/C14H14N2O/c15-11-8-13-12(10-4-6-16-7-5-10)2-1-3-14(13)17-9-11/h1-7,11H,8-9,15H2/t11-/m0/s1. The van der Waals surface area contributed by atoms with Crippen LogP contribution in [0.15, 0.2) is 42.7 Å². The Morgan fingerprint density at radius 1 is 1.18 bits per heavy atom. The van der Waals surface area contributed by atoms with E-state index in [4.69, 9.17) is 10.5 Å². The molecule has 0 unspecified atom stereocenters. The summed E-state index contributed by atoms with van der Waals surface area (Å²) in [5.74, 6) is 0.959. The average Bonchev–Trinajstić information content (AvgIpc) is 2.39. The van der Waals surface area contributed by atoms with Gasteiger partial charge in [0.1, 0.15) is 12.4 Å². The van der Waals surface area contributed by atoms with Crippen LogP contribution < -0.4 is 10.5 Å². The number of pyridine rings is 1. The molecule has 0 aliphatic carbocycles. The maximum atomic E-state index is 5.96. The minimum absolute atomic E-state index is 0.0884. The summed E-state index contributed by atoms with van der Waals surface area (Å²) < 4.78 is 5.66. The number of hydrogen-bond acceptors (Lipinski definition) is 3. The van der Waals surface area contributed by atoms with Crippen LogP contribution in [0.25, 0.3) is 11.1 Å². The molecule has 17 heavy (non-hydrogen) atoms. The maximum absolute atomic E-state index is 5.96. The highest BCUT2D eigenvalue weighted by Gasteiger charge is 2.19. The molecule has 0 bridgehead atoms. The Labute approximate surface area is 100 Å². The molecule has 3 heteroatoms. The Morgan fingerprint density at radius 3 is 2.82 bits per heavy atom. The van der Waals surface area contributed by atoms with Crippen LogP contribution >= 0.6 is 0 Å². The van der Waals surface area contributed by atoms with Crippen molar-refractivity contribution in [3.63, 3.8) is 0 Å². The summed E-state index contributed by atoms with van der Waals surface area (Å²) in [6.07, 6.45) is 4.48. The van der Waals surface area contributed by atoms with Gasteiger partial charge in [0.2, 0.25) is 0 Å². The number of ether oxygens (including phenoxy) is 1. The van der Waals surface area contributed by atoms with Crippen LogP contribution in [0.5, 0.6) is 5.75 Å². The predicted octanol–water partition coefficient (Wildman–Crippen LogP) is 2.01. The van der Waals surface area contributed by atoms with E-state index in [1.165, 1.54) is 11.1 Å². The van der Waals surface area contributed by atoms with E-state index in [0.29, 0.717) is 6.61 Å². The number of nitrogens with two attached hydrogens (primary N) is 1. The molecule has 1 aromatic carbocycles. The summed E-state index contributed by atoms with van der Waals surface area (Å²) in [6, 6.07) is 10.2. The van der Waals surface area contributed by atoms with Crippen molar-refractivity contribution in [2.24, 2.45) is 5.73 Å². The minimum Gasteiger partial charge on any atom is -0.492 e. The second-order valence-electron chi connectivity index (χ2n) is 4.29. The highest BCUT2D eigenvalue weighted by molar-refractivity contribution is 5.70. The molecule has 1 aliphatic rings. The fraction of sp³-hybridized carbons (Fsp3) is 0.214. The van der Waals surface area contributed by atoms with Gasteiger partial charge in [0.25, 0.3) is 0 Å². The Bertz CT molecular complexity index is 525. The molecule has 2 heterocycles. The van der Waals surface area contributed by atoms with E-state index in [9.17, 15) is 0 Å². The van der Waals surface area contributed by atoms with Gasteiger partial charge in [-0.25, -0.2) is 0 Å². The van der Waals surface area contributed by atoms with Crippen LogP contribution in [0.3, 0.4) is 0 Å². The van der Waals surface area contributed by atoms with Gasteiger partial charge in [-0.1, -0.05) is 12.1 Å². The summed E-state index contributed by atoms with van der Waals surface area (Å²) in [6.45, 7) is 0.604. The number of aromatic nitrogens is 1. The van der Waals surface area contributed by atoms with E-state index in [1.807, 2.05) is 24.3 Å². The molecular formula is C14H14N2O. The van der Waals surface area contributed by atoms with Crippen LogP contribution in [-0.2, 0) is 6.42 Å². The third kappa shape index (κ3) is 1.89. The lowest BCUT2D eigenvalue weighted by Gasteiger charge is -2.24. The molecule has 1 aliphatic heterocycles. The zero-order valence-corrected chi connectivity index (χ0v) is 9.47. The average molecular weight is 226 g/mol. The van der Waals surface area contributed by atoms with Crippen molar-refractivity contribution in [3.05, 3.63) is 48.3 Å². The first-order chi connectivity index (χ1) is 8.34. The molecule has 3 nitrogen and oxygen atoms in total. The fourth-order valence-corrected chi connectivity index (χ4v) is 2.23. The monoisotopic (exact) mass is 226 g/mol. The van der Waals surface area contributed by atoms with E-state index in [1.54, 1.807) is 12.4 Å². The molecule has 86 valence electrons. The van der Waals surface area contributed by atoms with Crippen molar-refractivity contribution in [2.45, 2.75) is 12.5 Å². The molecule has 0 radical (unpaired) electrons. The molecule has 0 amide bonds. The molecule has 0 fully saturated rings. The molecule has 2 N–H and O–H groups in total. The second kappa shape index (κ2) is 4.18. The lowest BCUT2D eigenvalue weighted by Crippen LogP contribution is -2.34. The van der Waals surface area contributed by atoms with Gasteiger partial charge in [0.05, 0.1) is 0 Å². The van der Waals surface area contributed by atoms with E-state index in [2.05, 4.69) is 11.1 Å². The summed E-state index contributed by atoms with van der Waals surface area (Å²) >= 11 is 0. The largest absolute Gasteiger partial charge is 0.492 e. The van der Waals surface area contributed by atoms with Crippen molar-refractivity contribution >= 4 is 0 Å². The van der Waals surface area contributed by atoms with E-state index in [0.717, 1.165) is 17.7 Å². The summed E-state index contributed by atoms with van der Waals surface area (Å²) in [5, 5.41) is 0. The van der Waals surface area contributed by atoms with E-state index >= 15 is 0 Å². The van der Waals surface area contributed by atoms with Gasteiger partial charge in [-0.15, -0.1) is 0 Å². The Morgan fingerprint density at radius 2 is 2.00 bits per heavy atom. The zero-order valence-electron chi connectivity index (χ0n) is 9.47. The highest BCUT2D eigenvalue weighted by atomic mass is 16.5. The fourth-order valence-electron chi connectivity index (χ4n) is 2.23. The molecule has 0 saturated carbocycles. The second-order valence-corrected chi connectivity index (χ2v) is 4.29. The molecule has 0 spiro atoms. The SMILES string of the molecule is N[C@@H]1COc2cccc(-c3ccncc3)c2C1. The van der Waals surface area contributed by atoms with Crippen molar-refractivity contribution in [1.82, 2.24) is 4.98 Å². The number of hydrogen-bond donors (Lipinski definition) is 1. The van der Waals surface area contributed by atoms with Gasteiger partial charge in [-0.05, 0) is 35.7 Å². The van der Waals surface area contributed by atoms with Crippen molar-refractivity contribution in [2.75, 3.05) is 6.61 Å². The smallest absolute Gasteiger partial charge is 0.123 e. The lowest BCUT2D eigenvalue weighted by atomic mass is 9.94. The van der Waals surface area contributed by atoms with E-state index in [-0.39, 0.29) is 6.04 Å². The first-order valence-electron chi connectivity index (χ1n) is 5.75. The topological polar surface area (TPSA) is 48.1 Å². The normalized spacial score (nSPS) is 18.3. The van der Waals surface area contributed by atoms with Crippen molar-refractivity contribution in [1.29, 1.82) is 0 Å². The van der Waals surface area contributed by atoms with Crippen molar-refractivity contribution in [3.8, 4) is 16.9 Å². The summed E-state index contributed by atoms with van der Waals surface area (Å²) in [4.78, 5) is 4.04. The van der Waals surface area contributed by atoms with Crippen LogP contribution in [0.4, 0.5) is 0 Å². The summed E-state index contributed by atoms with van der Waals surface area (Å²) in [7, 11) is 0. The molecular weight excluding hydrogens is 212 g/mol. The van der Waals surface area contributed by atoms with Gasteiger partial charge >= 0.3 is 0 Å². The van der Waals surface area contributed by atoms with Gasteiger partial charge in [-0.2, -0.15) is 0 Å². The first kappa shape index (κ1) is 10.3. The number of rotatable bonds is 1. The van der Waals surface area contributed by atoms with Crippen LogP contribution in [-0.4, -0.2) is 17.6 Å². The van der Waals surface area contributed by atoms with Crippen LogP contribution in [0.1, 0.15) is 5.56 Å². The van der Waals surface area contributed by atoms with Gasteiger partial charge in [0.15, 0.2) is 0 Å². The van der Waals surface area contributed by atoms with Crippen LogP contribution in [0.2, 0.25) is 0 Å². The Balaban J connectivity index is 2.12. The van der Waals surface area contributed by atoms with Crippen molar-refractivity contribution < 1.29 is 4.74 Å². The highest BCUT2D eigenvalue weighted by Crippen LogP contribution is 2.33. The predicted molar refractivity (Wildman–Crippen MR) is 66.8 cm³/mol. The number of benzene rings is 1. The summed E-state index contributed by atoms with van der Waals surface area (Å²) in [5.41, 5.74) is 9.52. The third-order valence-corrected chi connectivity index (χ3v) is 3.04. The van der Waals surface area contributed by atoms with Gasteiger partial charge in [-0.3, -0.25) is 4.98 Å².